The second-order valence-electron chi connectivity index (χ2n) is 7.90. The maximum absolute atomic E-state index is 13.6. The van der Waals surface area contributed by atoms with E-state index >= 15 is 0 Å². The summed E-state index contributed by atoms with van der Waals surface area (Å²) in [6.07, 6.45) is 3.27. The number of hydrogen-bond acceptors (Lipinski definition) is 7. The number of carbonyl (C=O) groups is 2. The standard InChI is InChI=1S/C25H26FN7O4/c1-2-27-24(35)17-6-8-19(9-7-17)33-21(16-37-20-5-3-4-18(26)14-20)23(30-31-33)25(36)29-11-13-32-12-10-28-22(32)15-34/h3-10,12,14,34H,2,11,13,15-16H2,1H3,(H,27,35)(H,29,36). The van der Waals surface area contributed by atoms with Crippen molar-refractivity contribution >= 4 is 11.8 Å². The number of benzene rings is 2. The SMILES string of the molecule is CCNC(=O)c1ccc(-n2nnc(C(=O)NCCn3ccnc3CO)c2COc2cccc(F)c2)cc1. The fraction of sp³-hybridized carbons (Fsp3) is 0.240. The fourth-order valence-electron chi connectivity index (χ4n) is 3.61. The molecule has 0 saturated carbocycles. The van der Waals surface area contributed by atoms with Gasteiger partial charge < -0.3 is 25.0 Å². The lowest BCUT2D eigenvalue weighted by atomic mass is 10.2. The first-order chi connectivity index (χ1) is 18.0. The molecular weight excluding hydrogens is 481 g/mol. The Hall–Kier alpha value is -4.58. The van der Waals surface area contributed by atoms with Crippen molar-refractivity contribution in [3.05, 3.63) is 89.5 Å². The molecule has 0 aliphatic carbocycles. The minimum atomic E-state index is -0.478. The minimum Gasteiger partial charge on any atom is -0.487 e. The highest BCUT2D eigenvalue weighted by molar-refractivity contribution is 5.94. The molecule has 0 aliphatic heterocycles. The summed E-state index contributed by atoms with van der Waals surface area (Å²) in [7, 11) is 0. The van der Waals surface area contributed by atoms with Gasteiger partial charge in [-0.25, -0.2) is 14.1 Å². The molecule has 0 atom stereocenters. The Bertz CT molecular complexity index is 1370. The molecule has 0 unspecified atom stereocenters. The zero-order chi connectivity index (χ0) is 26.2. The van der Waals surface area contributed by atoms with Gasteiger partial charge in [0.1, 0.15) is 36.3 Å². The van der Waals surface area contributed by atoms with Crippen LogP contribution in [0, 0.1) is 5.82 Å². The molecule has 0 aliphatic rings. The Morgan fingerprint density at radius 2 is 1.92 bits per heavy atom. The number of imidazole rings is 1. The number of hydrogen-bond donors (Lipinski definition) is 3. The molecule has 0 fully saturated rings. The lowest BCUT2D eigenvalue weighted by molar-refractivity contribution is 0.0940. The Morgan fingerprint density at radius 1 is 1.11 bits per heavy atom. The number of amides is 2. The van der Waals surface area contributed by atoms with Crippen molar-refractivity contribution in [2.75, 3.05) is 13.1 Å². The predicted octanol–water partition coefficient (Wildman–Crippen LogP) is 1.85. The topological polar surface area (TPSA) is 136 Å². The van der Waals surface area contributed by atoms with E-state index < -0.39 is 11.7 Å². The molecular formula is C25H26FN7O4. The van der Waals surface area contributed by atoms with E-state index in [1.54, 1.807) is 47.3 Å². The Kier molecular flexibility index (Phi) is 8.21. The van der Waals surface area contributed by atoms with Gasteiger partial charge in [0.15, 0.2) is 5.69 Å². The summed E-state index contributed by atoms with van der Waals surface area (Å²) >= 11 is 0. The van der Waals surface area contributed by atoms with Gasteiger partial charge >= 0.3 is 0 Å². The van der Waals surface area contributed by atoms with Crippen LogP contribution in [0.1, 0.15) is 39.3 Å². The number of carbonyl (C=O) groups excluding carboxylic acids is 2. The van der Waals surface area contributed by atoms with E-state index in [9.17, 15) is 19.1 Å². The minimum absolute atomic E-state index is 0.0391. The molecule has 2 heterocycles. The Balaban J connectivity index is 1.56. The molecule has 2 aromatic carbocycles. The van der Waals surface area contributed by atoms with Gasteiger partial charge in [0.25, 0.3) is 11.8 Å². The summed E-state index contributed by atoms with van der Waals surface area (Å²) < 4.78 is 22.5. The number of nitrogens with one attached hydrogen (secondary N) is 2. The van der Waals surface area contributed by atoms with Gasteiger partial charge in [-0.2, -0.15) is 0 Å². The van der Waals surface area contributed by atoms with Gasteiger partial charge in [0.2, 0.25) is 0 Å². The van der Waals surface area contributed by atoms with Crippen LogP contribution in [-0.2, 0) is 19.8 Å². The third-order valence-corrected chi connectivity index (χ3v) is 5.44. The van der Waals surface area contributed by atoms with Crippen LogP contribution in [0.4, 0.5) is 4.39 Å². The summed E-state index contributed by atoms with van der Waals surface area (Å²) in [6, 6.07) is 12.3. The van der Waals surface area contributed by atoms with E-state index in [1.165, 1.54) is 22.9 Å². The number of aliphatic hydroxyl groups is 1. The monoisotopic (exact) mass is 507 g/mol. The maximum Gasteiger partial charge on any atom is 0.273 e. The third-order valence-electron chi connectivity index (χ3n) is 5.44. The summed E-state index contributed by atoms with van der Waals surface area (Å²) in [5.41, 5.74) is 1.41. The predicted molar refractivity (Wildman–Crippen MR) is 131 cm³/mol. The summed E-state index contributed by atoms with van der Waals surface area (Å²) in [5.74, 6) is -0.370. The van der Waals surface area contributed by atoms with Crippen molar-refractivity contribution in [1.29, 1.82) is 0 Å². The Morgan fingerprint density at radius 3 is 2.65 bits per heavy atom. The number of rotatable bonds is 11. The highest BCUT2D eigenvalue weighted by Gasteiger charge is 2.22. The molecule has 0 bridgehead atoms. The molecule has 12 heteroatoms. The second kappa shape index (κ2) is 11.9. The van der Waals surface area contributed by atoms with Crippen molar-refractivity contribution in [2.45, 2.75) is 26.7 Å². The Labute approximate surface area is 211 Å². The number of halogens is 1. The van der Waals surface area contributed by atoms with Crippen LogP contribution in [0.2, 0.25) is 0 Å². The first-order valence-electron chi connectivity index (χ1n) is 11.6. The molecule has 37 heavy (non-hydrogen) atoms. The smallest absolute Gasteiger partial charge is 0.273 e. The fourth-order valence-corrected chi connectivity index (χ4v) is 3.61. The van der Waals surface area contributed by atoms with Gasteiger partial charge in [0.05, 0.1) is 5.69 Å². The zero-order valence-corrected chi connectivity index (χ0v) is 20.1. The van der Waals surface area contributed by atoms with Gasteiger partial charge in [-0.05, 0) is 43.3 Å². The van der Waals surface area contributed by atoms with Crippen LogP contribution < -0.4 is 15.4 Å². The van der Waals surface area contributed by atoms with Crippen LogP contribution in [0.5, 0.6) is 5.75 Å². The van der Waals surface area contributed by atoms with Gasteiger partial charge in [-0.15, -0.1) is 5.10 Å². The number of nitrogens with zero attached hydrogens (tertiary/aromatic N) is 5. The second-order valence-corrected chi connectivity index (χ2v) is 7.90. The summed E-state index contributed by atoms with van der Waals surface area (Å²) in [6.45, 7) is 2.65. The molecule has 2 amide bonds. The quantitative estimate of drug-likeness (QED) is 0.282. The summed E-state index contributed by atoms with van der Waals surface area (Å²) in [5, 5.41) is 23.1. The van der Waals surface area contributed by atoms with Gasteiger partial charge in [0, 0.05) is 43.7 Å². The van der Waals surface area contributed by atoms with Crippen LogP contribution in [0.3, 0.4) is 0 Å². The first kappa shape index (κ1) is 25.5. The molecule has 2 aromatic heterocycles. The van der Waals surface area contributed by atoms with Crippen molar-refractivity contribution in [3.63, 3.8) is 0 Å². The van der Waals surface area contributed by atoms with Crippen LogP contribution >= 0.6 is 0 Å². The largest absolute Gasteiger partial charge is 0.487 e. The molecule has 11 nitrogen and oxygen atoms in total. The van der Waals surface area contributed by atoms with E-state index in [0.29, 0.717) is 35.9 Å². The summed E-state index contributed by atoms with van der Waals surface area (Å²) in [4.78, 5) is 29.1. The number of aliphatic hydroxyl groups excluding tert-OH is 1. The average Bonchev–Trinajstić information content (AvgIpc) is 3.54. The first-order valence-corrected chi connectivity index (χ1v) is 11.6. The van der Waals surface area contributed by atoms with E-state index in [-0.39, 0.29) is 37.1 Å². The lowest BCUT2D eigenvalue weighted by Crippen LogP contribution is -2.29. The van der Waals surface area contributed by atoms with Gasteiger partial charge in [-0.3, -0.25) is 9.59 Å². The van der Waals surface area contributed by atoms with E-state index in [4.69, 9.17) is 4.74 Å². The highest BCUT2D eigenvalue weighted by Crippen LogP contribution is 2.19. The van der Waals surface area contributed by atoms with Crippen LogP contribution in [0.25, 0.3) is 5.69 Å². The normalized spacial score (nSPS) is 10.8. The number of ether oxygens (including phenoxy) is 1. The van der Waals surface area contributed by atoms with Crippen LogP contribution in [0.15, 0.2) is 60.9 Å². The molecule has 0 saturated heterocycles. The average molecular weight is 508 g/mol. The molecule has 4 rings (SSSR count). The molecule has 3 N–H and O–H groups in total. The number of aromatic nitrogens is 5. The van der Waals surface area contributed by atoms with Gasteiger partial charge in [-0.1, -0.05) is 11.3 Å². The van der Waals surface area contributed by atoms with E-state index in [0.717, 1.165) is 0 Å². The molecule has 0 spiro atoms. The highest BCUT2D eigenvalue weighted by atomic mass is 19.1. The maximum atomic E-state index is 13.6. The molecule has 4 aromatic rings. The van der Waals surface area contributed by atoms with Crippen LogP contribution in [-0.4, -0.2) is 54.6 Å². The molecule has 192 valence electrons. The van der Waals surface area contributed by atoms with Crippen molar-refractivity contribution < 1.29 is 23.8 Å². The third kappa shape index (κ3) is 6.16. The lowest BCUT2D eigenvalue weighted by Gasteiger charge is -2.11. The zero-order valence-electron chi connectivity index (χ0n) is 20.1. The van der Waals surface area contributed by atoms with Crippen molar-refractivity contribution in [1.82, 2.24) is 35.2 Å². The van der Waals surface area contributed by atoms with E-state index in [1.807, 2.05) is 6.92 Å². The van der Waals surface area contributed by atoms with Crippen molar-refractivity contribution in [2.24, 2.45) is 0 Å². The van der Waals surface area contributed by atoms with Crippen molar-refractivity contribution in [3.8, 4) is 11.4 Å². The van der Waals surface area contributed by atoms with E-state index in [2.05, 4.69) is 25.9 Å². The molecule has 0 radical (unpaired) electrons.